The van der Waals surface area contributed by atoms with Crippen LogP contribution >= 0.6 is 23.2 Å². The molecule has 0 saturated carbocycles. The van der Waals surface area contributed by atoms with Crippen LogP contribution in [-0.4, -0.2) is 40.6 Å². The van der Waals surface area contributed by atoms with Gasteiger partial charge in [0.1, 0.15) is 15.8 Å². The van der Waals surface area contributed by atoms with Gasteiger partial charge in [0.25, 0.3) is 0 Å². The van der Waals surface area contributed by atoms with E-state index in [0.717, 1.165) is 4.90 Å². The molecule has 1 fully saturated rings. The van der Waals surface area contributed by atoms with Crippen molar-refractivity contribution in [2.45, 2.75) is 42.2 Å². The van der Waals surface area contributed by atoms with E-state index in [-0.39, 0.29) is 12.2 Å². The second-order valence-electron chi connectivity index (χ2n) is 10.3. The number of hydrogen-bond donors (Lipinski definition) is 0. The molecule has 4 aliphatic rings. The molecule has 39 heavy (non-hydrogen) atoms. The second kappa shape index (κ2) is 9.04. The molecule has 0 radical (unpaired) electrons. The molecule has 1 heterocycles. The number of ether oxygens (including phenoxy) is 1. The van der Waals surface area contributed by atoms with E-state index in [1.54, 1.807) is 37.3 Å². The molecule has 0 unspecified atom stereocenters. The van der Waals surface area contributed by atoms with Crippen LogP contribution in [0.5, 0.6) is 0 Å². The Hall–Kier alpha value is -3.48. The fourth-order valence-electron chi connectivity index (χ4n) is 6.53. The van der Waals surface area contributed by atoms with E-state index in [1.165, 1.54) is 6.92 Å². The number of ketones is 1. The molecule has 0 aromatic heterocycles. The molecule has 7 rings (SSSR count). The van der Waals surface area contributed by atoms with Crippen molar-refractivity contribution in [3.05, 3.63) is 107 Å². The number of carbonyl (C=O) groups excluding carboxylic acids is 4. The van der Waals surface area contributed by atoms with E-state index in [1.807, 2.05) is 48.5 Å². The van der Waals surface area contributed by atoms with Crippen LogP contribution in [-0.2, 0) is 28.9 Å². The summed E-state index contributed by atoms with van der Waals surface area (Å²) in [6.45, 7) is 3.16. The van der Waals surface area contributed by atoms with Crippen molar-refractivity contribution in [3.63, 3.8) is 0 Å². The zero-order valence-electron chi connectivity index (χ0n) is 21.3. The Balaban J connectivity index is 1.37. The summed E-state index contributed by atoms with van der Waals surface area (Å²) in [7, 11) is 0. The first-order valence-corrected chi connectivity index (χ1v) is 13.7. The first-order valence-electron chi connectivity index (χ1n) is 12.9. The number of halogens is 2. The lowest BCUT2D eigenvalue weighted by molar-refractivity contribution is -0.160. The summed E-state index contributed by atoms with van der Waals surface area (Å²) >= 11 is 14.9. The molecule has 3 aliphatic carbocycles. The lowest BCUT2D eigenvalue weighted by Crippen LogP contribution is -2.57. The Morgan fingerprint density at radius 3 is 1.62 bits per heavy atom. The van der Waals surface area contributed by atoms with E-state index in [4.69, 9.17) is 27.9 Å². The van der Waals surface area contributed by atoms with Crippen LogP contribution in [0, 0.1) is 11.8 Å². The number of likely N-dealkylation sites (tertiary alicyclic amines) is 1. The van der Waals surface area contributed by atoms with Crippen LogP contribution in [0.4, 0.5) is 0 Å². The Bertz CT molecular complexity index is 1420. The maximum atomic E-state index is 14.1. The van der Waals surface area contributed by atoms with E-state index >= 15 is 0 Å². The third-order valence-electron chi connectivity index (χ3n) is 8.33. The smallest absolute Gasteiger partial charge is 0.329 e. The van der Waals surface area contributed by atoms with Gasteiger partial charge in [-0.15, -0.1) is 23.2 Å². The average Bonchev–Trinajstić information content (AvgIpc) is 3.24. The Morgan fingerprint density at radius 1 is 0.795 bits per heavy atom. The van der Waals surface area contributed by atoms with Gasteiger partial charge in [-0.05, 0) is 35.6 Å². The number of Topliss-reactive ketones (excluding diaryl/α,β-unsaturated/α-hetero) is 1. The monoisotopic (exact) mass is 561 g/mol. The third kappa shape index (κ3) is 3.34. The fraction of sp³-hybridized carbons (Fsp3) is 0.290. The van der Waals surface area contributed by atoms with Crippen molar-refractivity contribution in [1.82, 2.24) is 4.90 Å². The quantitative estimate of drug-likeness (QED) is 0.179. The van der Waals surface area contributed by atoms with E-state index < -0.39 is 51.5 Å². The Labute approximate surface area is 235 Å². The Morgan fingerprint density at radius 2 is 1.21 bits per heavy atom. The van der Waals surface area contributed by atoms with Gasteiger partial charge in [0.05, 0.1) is 11.8 Å². The molecule has 6 nitrogen and oxygen atoms in total. The van der Waals surface area contributed by atoms with Crippen molar-refractivity contribution in [2.24, 2.45) is 11.8 Å². The first-order chi connectivity index (χ1) is 18.7. The summed E-state index contributed by atoms with van der Waals surface area (Å²) in [5.74, 6) is -4.40. The zero-order valence-corrected chi connectivity index (χ0v) is 22.8. The van der Waals surface area contributed by atoms with E-state index in [9.17, 15) is 19.2 Å². The molecule has 198 valence electrons. The van der Waals surface area contributed by atoms with Crippen LogP contribution in [0.1, 0.15) is 52.9 Å². The lowest BCUT2D eigenvalue weighted by Gasteiger charge is -2.54. The summed E-state index contributed by atoms with van der Waals surface area (Å²) in [6.07, 6.45) is -0.819. The third-order valence-corrected chi connectivity index (χ3v) is 9.61. The average molecular weight is 562 g/mol. The van der Waals surface area contributed by atoms with Crippen molar-refractivity contribution >= 4 is 46.8 Å². The second-order valence-corrected chi connectivity index (χ2v) is 11.4. The SMILES string of the molecule is CC[C@H](OC(=O)[C@H](C)N1C(=O)[C@H]2[C@H](C1=O)C1(Cl)c3ccccc3C2(Cl)c2ccccc21)C(=O)c1ccccc1. The minimum atomic E-state index is -1.34. The summed E-state index contributed by atoms with van der Waals surface area (Å²) in [5.41, 5.74) is 3.13. The predicted octanol–water partition coefficient (Wildman–Crippen LogP) is 5.17. The summed E-state index contributed by atoms with van der Waals surface area (Å²) in [6, 6.07) is 21.9. The largest absolute Gasteiger partial charge is 0.452 e. The molecule has 2 bridgehead atoms. The molecule has 4 atom stereocenters. The summed E-state index contributed by atoms with van der Waals surface area (Å²) < 4.78 is 5.58. The highest BCUT2D eigenvalue weighted by molar-refractivity contribution is 6.36. The van der Waals surface area contributed by atoms with Gasteiger partial charge in [-0.2, -0.15) is 0 Å². The molecule has 1 saturated heterocycles. The van der Waals surface area contributed by atoms with Crippen molar-refractivity contribution in [1.29, 1.82) is 0 Å². The number of carbonyl (C=O) groups is 4. The van der Waals surface area contributed by atoms with Gasteiger partial charge in [0.15, 0.2) is 6.10 Å². The molecular weight excluding hydrogens is 537 g/mol. The number of imide groups is 1. The predicted molar refractivity (Wildman–Crippen MR) is 145 cm³/mol. The van der Waals surface area contributed by atoms with Gasteiger partial charge in [-0.25, -0.2) is 4.79 Å². The standard InChI is InChI=1S/C31H25Cl2NO5/c1-3-23(26(35)18-11-5-4-6-12-18)39-29(38)17(2)34-27(36)24-25(28(34)37)31(33)20-14-8-7-13-19(20)30(24,32)21-15-9-10-16-22(21)31/h4-17,23-25H,3H2,1-2H3/t17-,23-,24+,25+,30?,31?/m0/s1. The van der Waals surface area contributed by atoms with E-state index in [0.29, 0.717) is 27.8 Å². The van der Waals surface area contributed by atoms with Gasteiger partial charge in [-0.3, -0.25) is 19.3 Å². The molecule has 0 N–H and O–H groups in total. The number of hydrogen-bond acceptors (Lipinski definition) is 5. The maximum absolute atomic E-state index is 14.1. The van der Waals surface area contributed by atoms with Gasteiger partial charge in [-0.1, -0.05) is 85.8 Å². The molecule has 3 aromatic carbocycles. The summed E-state index contributed by atoms with van der Waals surface area (Å²) in [4.78, 5) is 52.6. The molecule has 3 aromatic rings. The number of benzene rings is 3. The summed E-state index contributed by atoms with van der Waals surface area (Å²) in [5, 5.41) is 0. The normalized spacial score (nSPS) is 27.8. The first kappa shape index (κ1) is 25.8. The van der Waals surface area contributed by atoms with Crippen LogP contribution in [0.25, 0.3) is 0 Å². The van der Waals surface area contributed by atoms with Crippen LogP contribution in [0.15, 0.2) is 78.9 Å². The highest BCUT2D eigenvalue weighted by Crippen LogP contribution is 2.69. The lowest BCUT2D eigenvalue weighted by atomic mass is 9.54. The van der Waals surface area contributed by atoms with Gasteiger partial charge in [0.2, 0.25) is 17.6 Å². The number of nitrogens with zero attached hydrogens (tertiary/aromatic N) is 1. The molecule has 8 heteroatoms. The van der Waals surface area contributed by atoms with E-state index in [2.05, 4.69) is 0 Å². The van der Waals surface area contributed by atoms with Gasteiger partial charge < -0.3 is 4.74 Å². The highest BCUT2D eigenvalue weighted by Gasteiger charge is 2.73. The van der Waals surface area contributed by atoms with Crippen molar-refractivity contribution in [3.8, 4) is 0 Å². The zero-order chi connectivity index (χ0) is 27.7. The molecular formula is C31H25Cl2NO5. The Kier molecular flexibility index (Phi) is 5.97. The van der Waals surface area contributed by atoms with Crippen LogP contribution in [0.3, 0.4) is 0 Å². The number of rotatable bonds is 6. The van der Waals surface area contributed by atoms with Crippen LogP contribution < -0.4 is 0 Å². The number of amides is 2. The van der Waals surface area contributed by atoms with Crippen molar-refractivity contribution in [2.75, 3.05) is 0 Å². The minimum Gasteiger partial charge on any atom is -0.452 e. The van der Waals surface area contributed by atoms with Gasteiger partial charge in [0, 0.05) is 5.56 Å². The van der Waals surface area contributed by atoms with Crippen LogP contribution in [0.2, 0.25) is 0 Å². The number of esters is 1. The highest BCUT2D eigenvalue weighted by atomic mass is 35.5. The fourth-order valence-corrected chi connectivity index (χ4v) is 7.62. The topological polar surface area (TPSA) is 80.8 Å². The molecule has 2 amide bonds. The number of alkyl halides is 2. The molecule has 1 aliphatic heterocycles. The van der Waals surface area contributed by atoms with Crippen molar-refractivity contribution < 1.29 is 23.9 Å². The molecule has 0 spiro atoms. The van der Waals surface area contributed by atoms with Gasteiger partial charge >= 0.3 is 5.97 Å². The maximum Gasteiger partial charge on any atom is 0.329 e. The minimum absolute atomic E-state index is 0.236.